The van der Waals surface area contributed by atoms with Crippen LogP contribution in [0.1, 0.15) is 12.5 Å². The van der Waals surface area contributed by atoms with Crippen molar-refractivity contribution in [2.24, 2.45) is 0 Å². The Kier molecular flexibility index (Phi) is 6.12. The molecule has 1 saturated heterocycles. The molecule has 0 saturated carbocycles. The van der Waals surface area contributed by atoms with Gasteiger partial charge in [-0.1, -0.05) is 23.7 Å². The van der Waals surface area contributed by atoms with Gasteiger partial charge in [-0.25, -0.2) is 4.39 Å². The van der Waals surface area contributed by atoms with E-state index in [1.54, 1.807) is 36.4 Å². The van der Waals surface area contributed by atoms with E-state index in [0.717, 1.165) is 18.7 Å². The first kappa shape index (κ1) is 18.7. The average Bonchev–Trinajstić information content (AvgIpc) is 2.64. The van der Waals surface area contributed by atoms with Gasteiger partial charge in [0.05, 0.1) is 0 Å². The van der Waals surface area contributed by atoms with Crippen LogP contribution in [0.15, 0.2) is 48.5 Å². The molecule has 1 amide bonds. The molecule has 0 aromatic heterocycles. The van der Waals surface area contributed by atoms with E-state index in [0.29, 0.717) is 23.9 Å². The van der Waals surface area contributed by atoms with Crippen LogP contribution < -0.4 is 4.74 Å². The molecule has 0 radical (unpaired) electrons. The Bertz CT molecular complexity index is 736. The molecule has 3 rings (SSSR count). The first-order valence-corrected chi connectivity index (χ1v) is 9.04. The molecule has 1 aliphatic heterocycles. The zero-order valence-corrected chi connectivity index (χ0v) is 15.5. The van der Waals surface area contributed by atoms with Crippen molar-refractivity contribution in [1.29, 1.82) is 0 Å². The molecular weight excluding hydrogens is 355 g/mol. The largest absolute Gasteiger partial charge is 0.484 e. The summed E-state index contributed by atoms with van der Waals surface area (Å²) in [5.41, 5.74) is 1.07. The quantitative estimate of drug-likeness (QED) is 0.799. The maximum absolute atomic E-state index is 13.0. The number of rotatable bonds is 5. The maximum Gasteiger partial charge on any atom is 0.260 e. The Morgan fingerprint density at radius 1 is 1.15 bits per heavy atom. The topological polar surface area (TPSA) is 32.8 Å². The number of hydrogen-bond donors (Lipinski definition) is 0. The highest BCUT2D eigenvalue weighted by Gasteiger charge is 2.26. The van der Waals surface area contributed by atoms with E-state index in [-0.39, 0.29) is 24.4 Å². The lowest BCUT2D eigenvalue weighted by molar-refractivity contribution is -0.136. The number of piperazine rings is 1. The van der Waals surface area contributed by atoms with Gasteiger partial charge in [0.25, 0.3) is 5.91 Å². The minimum absolute atomic E-state index is 0.0202. The van der Waals surface area contributed by atoms with Gasteiger partial charge in [-0.05, 0) is 48.9 Å². The van der Waals surface area contributed by atoms with Gasteiger partial charge < -0.3 is 9.64 Å². The highest BCUT2D eigenvalue weighted by atomic mass is 35.5. The normalized spacial score (nSPS) is 18.0. The lowest BCUT2D eigenvalue weighted by atomic mass is 10.1. The van der Waals surface area contributed by atoms with Crippen molar-refractivity contribution >= 4 is 17.5 Å². The fourth-order valence-electron chi connectivity index (χ4n) is 3.05. The van der Waals surface area contributed by atoms with Crippen molar-refractivity contribution in [3.63, 3.8) is 0 Å². The molecule has 0 N–H and O–H groups in total. The smallest absolute Gasteiger partial charge is 0.260 e. The molecule has 0 bridgehead atoms. The minimum Gasteiger partial charge on any atom is -0.484 e. The van der Waals surface area contributed by atoms with Crippen molar-refractivity contribution in [2.75, 3.05) is 26.2 Å². The highest BCUT2D eigenvalue weighted by Crippen LogP contribution is 2.17. The van der Waals surface area contributed by atoms with Gasteiger partial charge in [0.2, 0.25) is 0 Å². The van der Waals surface area contributed by atoms with Crippen LogP contribution in [0.5, 0.6) is 5.75 Å². The standard InChI is InChI=1S/C20H22ClFN2O2/c1-15-12-24(20(25)14-26-19-8-4-17(21)5-9-19)11-10-23(15)13-16-2-6-18(22)7-3-16/h2-9,15H,10-14H2,1H3. The van der Waals surface area contributed by atoms with E-state index in [1.807, 2.05) is 4.90 Å². The number of ether oxygens (including phenoxy) is 1. The van der Waals surface area contributed by atoms with Crippen LogP contribution in [0.2, 0.25) is 5.02 Å². The molecule has 4 nitrogen and oxygen atoms in total. The number of halogens is 2. The summed E-state index contributed by atoms with van der Waals surface area (Å²) in [6.07, 6.45) is 0. The summed E-state index contributed by atoms with van der Waals surface area (Å²) >= 11 is 5.84. The van der Waals surface area contributed by atoms with Gasteiger partial charge >= 0.3 is 0 Å². The number of carbonyl (C=O) groups excluding carboxylic acids is 1. The second kappa shape index (κ2) is 8.52. The highest BCUT2D eigenvalue weighted by molar-refractivity contribution is 6.30. The van der Waals surface area contributed by atoms with Gasteiger partial charge in [0.1, 0.15) is 11.6 Å². The van der Waals surface area contributed by atoms with Crippen molar-refractivity contribution in [3.05, 3.63) is 64.9 Å². The maximum atomic E-state index is 13.0. The predicted octanol–water partition coefficient (Wildman–Crippen LogP) is 3.59. The van der Waals surface area contributed by atoms with Crippen LogP contribution in [-0.4, -0.2) is 48.0 Å². The van der Waals surface area contributed by atoms with Gasteiger partial charge in [0, 0.05) is 37.2 Å². The van der Waals surface area contributed by atoms with Crippen LogP contribution in [-0.2, 0) is 11.3 Å². The average molecular weight is 377 g/mol. The van der Waals surface area contributed by atoms with Crippen LogP contribution in [0.25, 0.3) is 0 Å². The summed E-state index contributed by atoms with van der Waals surface area (Å²) in [6, 6.07) is 13.8. The van der Waals surface area contributed by atoms with Crippen LogP contribution in [0, 0.1) is 5.82 Å². The number of nitrogens with zero attached hydrogens (tertiary/aromatic N) is 2. The van der Waals surface area contributed by atoms with Crippen LogP contribution in [0.3, 0.4) is 0 Å². The lowest BCUT2D eigenvalue weighted by Crippen LogP contribution is -2.54. The Morgan fingerprint density at radius 3 is 2.50 bits per heavy atom. The summed E-state index contributed by atoms with van der Waals surface area (Å²) in [6.45, 7) is 4.98. The van der Waals surface area contributed by atoms with Crippen molar-refractivity contribution in [2.45, 2.75) is 19.5 Å². The molecule has 1 atom stereocenters. The zero-order chi connectivity index (χ0) is 18.5. The van der Waals surface area contributed by atoms with E-state index < -0.39 is 0 Å². The SMILES string of the molecule is CC1CN(C(=O)COc2ccc(Cl)cc2)CCN1Cc1ccc(F)cc1. The first-order chi connectivity index (χ1) is 12.5. The molecule has 0 aliphatic carbocycles. The zero-order valence-electron chi connectivity index (χ0n) is 14.7. The molecule has 1 aliphatic rings. The fraction of sp³-hybridized carbons (Fsp3) is 0.350. The van der Waals surface area contributed by atoms with E-state index in [1.165, 1.54) is 12.1 Å². The third-order valence-electron chi connectivity index (χ3n) is 4.59. The molecule has 0 spiro atoms. The Balaban J connectivity index is 1.48. The molecule has 1 fully saturated rings. The Labute approximate surface area is 158 Å². The number of amides is 1. The molecule has 6 heteroatoms. The molecular formula is C20H22ClFN2O2. The van der Waals surface area contributed by atoms with Gasteiger partial charge in [-0.15, -0.1) is 0 Å². The first-order valence-electron chi connectivity index (χ1n) is 8.66. The third-order valence-corrected chi connectivity index (χ3v) is 4.84. The molecule has 2 aromatic rings. The second-order valence-corrected chi connectivity index (χ2v) is 6.96. The van der Waals surface area contributed by atoms with Crippen LogP contribution in [0.4, 0.5) is 4.39 Å². The molecule has 138 valence electrons. The number of benzene rings is 2. The van der Waals surface area contributed by atoms with E-state index >= 15 is 0 Å². The summed E-state index contributed by atoms with van der Waals surface area (Å²) in [5.74, 6) is 0.386. The van der Waals surface area contributed by atoms with Gasteiger partial charge in [-0.3, -0.25) is 9.69 Å². The van der Waals surface area contributed by atoms with E-state index in [2.05, 4.69) is 11.8 Å². The molecule has 26 heavy (non-hydrogen) atoms. The predicted molar refractivity (Wildman–Crippen MR) is 99.8 cm³/mol. The Hall–Kier alpha value is -2.11. The number of hydrogen-bond acceptors (Lipinski definition) is 3. The summed E-state index contributed by atoms with van der Waals surface area (Å²) in [5, 5.41) is 0.634. The summed E-state index contributed by atoms with van der Waals surface area (Å²) < 4.78 is 18.6. The minimum atomic E-state index is -0.224. The Morgan fingerprint density at radius 2 is 1.85 bits per heavy atom. The van der Waals surface area contributed by atoms with Gasteiger partial charge in [0.15, 0.2) is 6.61 Å². The monoisotopic (exact) mass is 376 g/mol. The van der Waals surface area contributed by atoms with Crippen molar-refractivity contribution in [3.8, 4) is 5.75 Å². The second-order valence-electron chi connectivity index (χ2n) is 6.53. The molecule has 1 unspecified atom stereocenters. The van der Waals surface area contributed by atoms with E-state index in [9.17, 15) is 9.18 Å². The fourth-order valence-corrected chi connectivity index (χ4v) is 3.17. The van der Waals surface area contributed by atoms with Crippen LogP contribution >= 0.6 is 11.6 Å². The van der Waals surface area contributed by atoms with Gasteiger partial charge in [-0.2, -0.15) is 0 Å². The number of carbonyl (C=O) groups is 1. The van der Waals surface area contributed by atoms with Crippen molar-refractivity contribution in [1.82, 2.24) is 9.80 Å². The summed E-state index contributed by atoms with van der Waals surface area (Å²) in [7, 11) is 0. The molecule has 2 aromatic carbocycles. The molecule has 1 heterocycles. The summed E-state index contributed by atoms with van der Waals surface area (Å²) in [4.78, 5) is 16.5. The lowest BCUT2D eigenvalue weighted by Gasteiger charge is -2.39. The third kappa shape index (κ3) is 4.96. The van der Waals surface area contributed by atoms with E-state index in [4.69, 9.17) is 16.3 Å². The van der Waals surface area contributed by atoms with Crippen molar-refractivity contribution < 1.29 is 13.9 Å².